The van der Waals surface area contributed by atoms with E-state index in [0.717, 1.165) is 37.1 Å². The molecule has 0 bridgehead atoms. The van der Waals surface area contributed by atoms with Crippen LogP contribution in [0.2, 0.25) is 0 Å². The molecule has 0 radical (unpaired) electrons. The molecule has 1 aromatic heterocycles. The first kappa shape index (κ1) is 13.4. The first-order valence-corrected chi connectivity index (χ1v) is 7.17. The van der Waals surface area contributed by atoms with Crippen LogP contribution in [0.5, 0.6) is 5.88 Å². The first-order valence-electron chi connectivity index (χ1n) is 7.17. The van der Waals surface area contributed by atoms with Crippen LogP contribution in [-0.2, 0) is 4.79 Å². The zero-order valence-electron chi connectivity index (χ0n) is 11.5. The van der Waals surface area contributed by atoms with Crippen LogP contribution >= 0.6 is 0 Å². The van der Waals surface area contributed by atoms with E-state index in [0.29, 0.717) is 18.3 Å². The molecule has 0 aromatic carbocycles. The van der Waals surface area contributed by atoms with Crippen molar-refractivity contribution >= 4 is 5.97 Å². The van der Waals surface area contributed by atoms with Crippen LogP contribution in [0.25, 0.3) is 0 Å². The number of carboxylic acid groups (broad SMARTS) is 1. The fourth-order valence-corrected chi connectivity index (χ4v) is 3.71. The lowest BCUT2D eigenvalue weighted by Crippen LogP contribution is -2.49. The Morgan fingerprint density at radius 3 is 2.80 bits per heavy atom. The molecule has 4 atom stereocenters. The van der Waals surface area contributed by atoms with Crippen molar-refractivity contribution in [3.63, 3.8) is 0 Å². The summed E-state index contributed by atoms with van der Waals surface area (Å²) in [6, 6.07) is -0.431. The van der Waals surface area contributed by atoms with Crippen LogP contribution in [0.15, 0.2) is 4.52 Å². The molecule has 6 nitrogen and oxygen atoms in total. The lowest BCUT2D eigenvalue weighted by molar-refractivity contribution is -0.141. The second-order valence-electron chi connectivity index (χ2n) is 6.06. The summed E-state index contributed by atoms with van der Waals surface area (Å²) in [5, 5.41) is 25.4. The summed E-state index contributed by atoms with van der Waals surface area (Å²) in [4.78, 5) is 11.1. The summed E-state index contributed by atoms with van der Waals surface area (Å²) in [7, 11) is 0. The molecule has 20 heavy (non-hydrogen) atoms. The van der Waals surface area contributed by atoms with Gasteiger partial charge in [-0.15, -0.1) is 0 Å². The van der Waals surface area contributed by atoms with Crippen molar-refractivity contribution in [2.24, 2.45) is 11.8 Å². The Kier molecular flexibility index (Phi) is 3.41. The molecule has 3 rings (SSSR count). The van der Waals surface area contributed by atoms with Crippen molar-refractivity contribution in [3.05, 3.63) is 11.3 Å². The SMILES string of the molecule is Cc1c(O)noc1C1CCC2CNC(C(=O)O)CC2C1. The van der Waals surface area contributed by atoms with E-state index >= 15 is 0 Å². The van der Waals surface area contributed by atoms with E-state index in [9.17, 15) is 9.90 Å². The van der Waals surface area contributed by atoms with Gasteiger partial charge in [-0.3, -0.25) is 4.79 Å². The highest BCUT2D eigenvalue weighted by Gasteiger charge is 2.39. The monoisotopic (exact) mass is 280 g/mol. The van der Waals surface area contributed by atoms with E-state index in [4.69, 9.17) is 9.63 Å². The van der Waals surface area contributed by atoms with Gasteiger partial charge in [0.2, 0.25) is 0 Å². The van der Waals surface area contributed by atoms with Crippen molar-refractivity contribution in [2.75, 3.05) is 6.54 Å². The van der Waals surface area contributed by atoms with Gasteiger partial charge in [-0.25, -0.2) is 0 Å². The van der Waals surface area contributed by atoms with Gasteiger partial charge in [0.15, 0.2) is 0 Å². The third-order valence-corrected chi connectivity index (χ3v) is 4.91. The summed E-state index contributed by atoms with van der Waals surface area (Å²) in [5.41, 5.74) is 0.720. The van der Waals surface area contributed by atoms with E-state index in [-0.39, 0.29) is 11.8 Å². The molecule has 1 aromatic rings. The van der Waals surface area contributed by atoms with Crippen molar-refractivity contribution in [1.82, 2.24) is 10.5 Å². The van der Waals surface area contributed by atoms with Crippen LogP contribution in [-0.4, -0.2) is 33.9 Å². The van der Waals surface area contributed by atoms with Crippen LogP contribution in [0.3, 0.4) is 0 Å². The zero-order chi connectivity index (χ0) is 14.3. The minimum atomic E-state index is -0.765. The minimum Gasteiger partial charge on any atom is -0.491 e. The highest BCUT2D eigenvalue weighted by Crippen LogP contribution is 2.44. The van der Waals surface area contributed by atoms with Crippen molar-refractivity contribution in [2.45, 2.75) is 44.6 Å². The maximum Gasteiger partial charge on any atom is 0.320 e. The maximum atomic E-state index is 11.1. The molecular formula is C14H20N2O4. The Morgan fingerprint density at radius 1 is 1.35 bits per heavy atom. The second kappa shape index (κ2) is 5.09. The minimum absolute atomic E-state index is 0.0316. The molecule has 0 amide bonds. The predicted octanol–water partition coefficient (Wildman–Crippen LogP) is 1.64. The number of fused-ring (bicyclic) bond motifs is 1. The van der Waals surface area contributed by atoms with E-state index in [1.54, 1.807) is 0 Å². The number of piperidine rings is 1. The van der Waals surface area contributed by atoms with E-state index in [2.05, 4.69) is 10.5 Å². The third-order valence-electron chi connectivity index (χ3n) is 4.91. The fraction of sp³-hybridized carbons (Fsp3) is 0.714. The van der Waals surface area contributed by atoms with Crippen LogP contribution in [0, 0.1) is 18.8 Å². The number of hydrogen-bond donors (Lipinski definition) is 3. The number of carbonyl (C=O) groups is 1. The number of rotatable bonds is 2. The summed E-state index contributed by atoms with van der Waals surface area (Å²) in [6.07, 6.45) is 3.67. The Bertz CT molecular complexity index is 513. The molecule has 2 heterocycles. The second-order valence-corrected chi connectivity index (χ2v) is 6.06. The van der Waals surface area contributed by atoms with Gasteiger partial charge in [0, 0.05) is 5.92 Å². The van der Waals surface area contributed by atoms with Gasteiger partial charge in [0.1, 0.15) is 11.8 Å². The Hall–Kier alpha value is -1.56. The number of aliphatic carboxylic acids is 1. The number of carboxylic acids is 1. The Balaban J connectivity index is 1.73. The number of hydrogen-bond acceptors (Lipinski definition) is 5. The summed E-state index contributed by atoms with van der Waals surface area (Å²) in [5.74, 6) is 1.18. The quantitative estimate of drug-likeness (QED) is 0.762. The van der Waals surface area contributed by atoms with Gasteiger partial charge in [-0.05, 0) is 56.1 Å². The molecule has 1 saturated heterocycles. The van der Waals surface area contributed by atoms with Crippen molar-refractivity contribution < 1.29 is 19.5 Å². The van der Waals surface area contributed by atoms with E-state index in [1.165, 1.54) is 0 Å². The fourth-order valence-electron chi connectivity index (χ4n) is 3.71. The largest absolute Gasteiger partial charge is 0.491 e. The smallest absolute Gasteiger partial charge is 0.320 e. The van der Waals surface area contributed by atoms with Gasteiger partial charge >= 0.3 is 5.97 Å². The molecule has 1 saturated carbocycles. The van der Waals surface area contributed by atoms with E-state index < -0.39 is 12.0 Å². The highest BCUT2D eigenvalue weighted by molar-refractivity contribution is 5.73. The number of nitrogens with one attached hydrogen (secondary N) is 1. The number of aromatic nitrogens is 1. The number of aromatic hydroxyl groups is 1. The Labute approximate surface area is 117 Å². The molecule has 4 unspecified atom stereocenters. The van der Waals surface area contributed by atoms with Crippen molar-refractivity contribution in [1.29, 1.82) is 0 Å². The summed E-state index contributed by atoms with van der Waals surface area (Å²) in [6.45, 7) is 2.60. The van der Waals surface area contributed by atoms with Crippen LogP contribution < -0.4 is 5.32 Å². The molecule has 0 spiro atoms. The van der Waals surface area contributed by atoms with Crippen LogP contribution in [0.4, 0.5) is 0 Å². The van der Waals surface area contributed by atoms with Gasteiger partial charge < -0.3 is 20.1 Å². The predicted molar refractivity (Wildman–Crippen MR) is 70.5 cm³/mol. The van der Waals surface area contributed by atoms with Gasteiger partial charge in [0.05, 0.1) is 5.56 Å². The lowest BCUT2D eigenvalue weighted by atomic mass is 9.69. The third kappa shape index (κ3) is 2.28. The molecule has 1 aliphatic carbocycles. The van der Waals surface area contributed by atoms with Gasteiger partial charge in [-0.2, -0.15) is 0 Å². The molecule has 3 N–H and O–H groups in total. The maximum absolute atomic E-state index is 11.1. The lowest BCUT2D eigenvalue weighted by Gasteiger charge is -2.41. The van der Waals surface area contributed by atoms with Gasteiger partial charge in [-0.1, -0.05) is 0 Å². The molecule has 2 aliphatic rings. The topological polar surface area (TPSA) is 95.6 Å². The van der Waals surface area contributed by atoms with E-state index in [1.807, 2.05) is 6.92 Å². The molecule has 1 aliphatic heterocycles. The molecule has 6 heteroatoms. The highest BCUT2D eigenvalue weighted by atomic mass is 16.5. The summed E-state index contributed by atoms with van der Waals surface area (Å²) >= 11 is 0. The molecule has 110 valence electrons. The zero-order valence-corrected chi connectivity index (χ0v) is 11.5. The Morgan fingerprint density at radius 2 is 2.15 bits per heavy atom. The summed E-state index contributed by atoms with van der Waals surface area (Å²) < 4.78 is 5.26. The molecular weight excluding hydrogens is 260 g/mol. The van der Waals surface area contributed by atoms with Crippen LogP contribution in [0.1, 0.15) is 42.9 Å². The normalized spacial score (nSPS) is 33.6. The average Bonchev–Trinajstić information content (AvgIpc) is 2.78. The van der Waals surface area contributed by atoms with Crippen molar-refractivity contribution in [3.8, 4) is 5.88 Å². The van der Waals surface area contributed by atoms with Gasteiger partial charge in [0.25, 0.3) is 5.88 Å². The average molecular weight is 280 g/mol. The number of nitrogens with zero attached hydrogens (tertiary/aromatic N) is 1. The molecule has 2 fully saturated rings. The standard InChI is InChI=1S/C14H20N2O4/c1-7-12(20-16-13(7)17)8-2-3-9-6-15-11(14(18)19)5-10(9)4-8/h8-11,15H,2-6H2,1H3,(H,16,17)(H,18,19). The first-order chi connectivity index (χ1) is 9.56.